The minimum absolute atomic E-state index is 0.00431. The van der Waals surface area contributed by atoms with Crippen LogP contribution in [0.4, 0.5) is 5.69 Å². The van der Waals surface area contributed by atoms with Gasteiger partial charge in [0.15, 0.2) is 5.69 Å². The van der Waals surface area contributed by atoms with Crippen molar-refractivity contribution in [3.8, 4) is 17.3 Å². The highest BCUT2D eigenvalue weighted by Crippen LogP contribution is 2.35. The van der Waals surface area contributed by atoms with Gasteiger partial charge in [0.05, 0.1) is 12.3 Å². The summed E-state index contributed by atoms with van der Waals surface area (Å²) in [6.07, 6.45) is 0. The van der Waals surface area contributed by atoms with Crippen LogP contribution in [0.25, 0.3) is 5.69 Å². The van der Waals surface area contributed by atoms with E-state index < -0.39 is 16.0 Å². The van der Waals surface area contributed by atoms with Gasteiger partial charge < -0.3 is 19.9 Å². The zero-order valence-electron chi connectivity index (χ0n) is 21.2. The number of sulfonamides is 1. The number of rotatable bonds is 11. The molecule has 0 bridgehead atoms. The number of hydrogen-bond donors (Lipinski definition) is 3. The van der Waals surface area contributed by atoms with E-state index in [1.807, 2.05) is 19.1 Å². The Labute approximate surface area is 215 Å². The molecule has 0 saturated heterocycles. The molecule has 0 aliphatic rings. The van der Waals surface area contributed by atoms with Crippen molar-refractivity contribution in [1.82, 2.24) is 14.5 Å². The van der Waals surface area contributed by atoms with E-state index >= 15 is 0 Å². The van der Waals surface area contributed by atoms with Crippen LogP contribution in [0.1, 0.15) is 35.5 Å². The standard InChI is InChI=1S/C25H30N4O7S/c1-15(2)23(30)27-18-8-11-20(21(14-18)37(33,34)26-12-13-35-5)36-24-17(4)22(25(31)32)28-29(24)19-9-6-16(3)7-10-19/h6-11,14-15,26H,12-13H2,1-5H3,(H,27,30)(H,31,32). The number of hydrogen-bond acceptors (Lipinski definition) is 7. The molecule has 12 heteroatoms. The highest BCUT2D eigenvalue weighted by atomic mass is 32.2. The van der Waals surface area contributed by atoms with Gasteiger partial charge in [-0.3, -0.25) is 4.79 Å². The number of aromatic nitrogens is 2. The Balaban J connectivity index is 2.14. The summed E-state index contributed by atoms with van der Waals surface area (Å²) < 4.78 is 41.1. The molecule has 2 aromatic carbocycles. The molecule has 3 N–H and O–H groups in total. The summed E-state index contributed by atoms with van der Waals surface area (Å²) in [5.74, 6) is -1.91. The molecule has 37 heavy (non-hydrogen) atoms. The molecule has 1 heterocycles. The van der Waals surface area contributed by atoms with Gasteiger partial charge in [0.25, 0.3) is 0 Å². The van der Waals surface area contributed by atoms with Crippen molar-refractivity contribution in [2.24, 2.45) is 5.92 Å². The first-order valence-corrected chi connectivity index (χ1v) is 12.9. The number of carboxylic acid groups (broad SMARTS) is 1. The Hall–Kier alpha value is -3.74. The number of carboxylic acids is 1. The van der Waals surface area contributed by atoms with Crippen LogP contribution in [0.3, 0.4) is 0 Å². The maximum Gasteiger partial charge on any atom is 0.356 e. The molecule has 0 radical (unpaired) electrons. The number of amides is 1. The van der Waals surface area contributed by atoms with Crippen molar-refractivity contribution >= 4 is 27.6 Å². The lowest BCUT2D eigenvalue weighted by atomic mass is 10.2. The lowest BCUT2D eigenvalue weighted by molar-refractivity contribution is -0.118. The molecular formula is C25H30N4O7S. The predicted molar refractivity (Wildman–Crippen MR) is 137 cm³/mol. The van der Waals surface area contributed by atoms with Crippen molar-refractivity contribution in [3.05, 3.63) is 59.3 Å². The SMILES string of the molecule is COCCNS(=O)(=O)c1cc(NC(=O)C(C)C)ccc1Oc1c(C)c(C(=O)O)nn1-c1ccc(C)cc1. The van der Waals surface area contributed by atoms with Crippen LogP contribution < -0.4 is 14.8 Å². The third kappa shape index (κ3) is 6.53. The molecule has 3 rings (SSSR count). The van der Waals surface area contributed by atoms with Gasteiger partial charge in [-0.1, -0.05) is 31.5 Å². The van der Waals surface area contributed by atoms with E-state index in [1.54, 1.807) is 26.0 Å². The van der Waals surface area contributed by atoms with Crippen LogP contribution in [-0.2, 0) is 19.6 Å². The van der Waals surface area contributed by atoms with Crippen molar-refractivity contribution in [2.45, 2.75) is 32.6 Å². The van der Waals surface area contributed by atoms with Gasteiger partial charge in [-0.25, -0.2) is 17.9 Å². The Morgan fingerprint density at radius 1 is 1.11 bits per heavy atom. The molecule has 0 unspecified atom stereocenters. The monoisotopic (exact) mass is 530 g/mol. The van der Waals surface area contributed by atoms with E-state index in [-0.39, 0.29) is 58.4 Å². The van der Waals surface area contributed by atoms with Gasteiger partial charge in [-0.05, 0) is 44.2 Å². The van der Waals surface area contributed by atoms with Crippen molar-refractivity contribution < 1.29 is 32.6 Å². The molecule has 0 spiro atoms. The predicted octanol–water partition coefficient (Wildman–Crippen LogP) is 3.50. The van der Waals surface area contributed by atoms with Gasteiger partial charge in [0.2, 0.25) is 21.8 Å². The first-order valence-electron chi connectivity index (χ1n) is 11.5. The molecule has 0 atom stereocenters. The summed E-state index contributed by atoms with van der Waals surface area (Å²) in [6.45, 7) is 7.01. The van der Waals surface area contributed by atoms with Crippen LogP contribution >= 0.6 is 0 Å². The molecule has 198 valence electrons. The average Bonchev–Trinajstić information content (AvgIpc) is 3.16. The van der Waals surface area contributed by atoms with E-state index in [2.05, 4.69) is 15.1 Å². The summed E-state index contributed by atoms with van der Waals surface area (Å²) in [5.41, 5.74) is 1.75. The summed E-state index contributed by atoms with van der Waals surface area (Å²) in [4.78, 5) is 23.8. The Morgan fingerprint density at radius 2 is 1.78 bits per heavy atom. The number of methoxy groups -OCH3 is 1. The van der Waals surface area contributed by atoms with Crippen molar-refractivity contribution in [3.63, 3.8) is 0 Å². The highest BCUT2D eigenvalue weighted by Gasteiger charge is 2.26. The van der Waals surface area contributed by atoms with Crippen molar-refractivity contribution in [2.75, 3.05) is 25.6 Å². The number of benzene rings is 2. The van der Waals surface area contributed by atoms with Crippen LogP contribution in [0.5, 0.6) is 11.6 Å². The van der Waals surface area contributed by atoms with Crippen molar-refractivity contribution in [1.29, 1.82) is 0 Å². The number of aromatic carboxylic acids is 1. The zero-order valence-corrected chi connectivity index (χ0v) is 22.0. The quantitative estimate of drug-likeness (QED) is 0.319. The smallest absolute Gasteiger partial charge is 0.356 e. The fourth-order valence-corrected chi connectivity index (χ4v) is 4.46. The lowest BCUT2D eigenvalue weighted by Crippen LogP contribution is -2.27. The normalized spacial score (nSPS) is 11.5. The molecule has 0 aliphatic heterocycles. The van der Waals surface area contributed by atoms with E-state index in [4.69, 9.17) is 9.47 Å². The Kier molecular flexibility index (Phi) is 8.69. The zero-order chi connectivity index (χ0) is 27.3. The number of carbonyl (C=O) groups is 2. The maximum absolute atomic E-state index is 13.2. The Bertz CT molecular complexity index is 1400. The summed E-state index contributed by atoms with van der Waals surface area (Å²) >= 11 is 0. The second-order valence-corrected chi connectivity index (χ2v) is 10.4. The fraction of sp³-hybridized carbons (Fsp3) is 0.320. The van der Waals surface area contributed by atoms with E-state index in [1.165, 1.54) is 36.9 Å². The number of nitrogens with one attached hydrogen (secondary N) is 2. The van der Waals surface area contributed by atoms with Crippen LogP contribution in [0, 0.1) is 19.8 Å². The minimum Gasteiger partial charge on any atom is -0.476 e. The largest absolute Gasteiger partial charge is 0.476 e. The first-order chi connectivity index (χ1) is 17.4. The number of carbonyl (C=O) groups excluding carboxylic acids is 1. The Morgan fingerprint density at radius 3 is 2.38 bits per heavy atom. The summed E-state index contributed by atoms with van der Waals surface area (Å²) in [6, 6.07) is 11.3. The number of aryl methyl sites for hydroxylation is 1. The van der Waals surface area contributed by atoms with Gasteiger partial charge in [0.1, 0.15) is 10.6 Å². The number of nitrogens with zero attached hydrogens (tertiary/aromatic N) is 2. The molecule has 0 aliphatic carbocycles. The molecule has 0 fully saturated rings. The molecule has 11 nitrogen and oxygen atoms in total. The third-order valence-electron chi connectivity index (χ3n) is 5.38. The molecule has 1 amide bonds. The molecule has 1 aromatic heterocycles. The maximum atomic E-state index is 13.2. The van der Waals surface area contributed by atoms with Gasteiger partial charge in [-0.2, -0.15) is 9.78 Å². The first kappa shape index (κ1) is 27.8. The lowest BCUT2D eigenvalue weighted by Gasteiger charge is -2.16. The molecule has 0 saturated carbocycles. The van der Waals surface area contributed by atoms with E-state index in [9.17, 15) is 23.1 Å². The summed E-state index contributed by atoms with van der Waals surface area (Å²) in [7, 11) is -2.68. The number of ether oxygens (including phenoxy) is 2. The average molecular weight is 531 g/mol. The molecule has 3 aromatic rings. The van der Waals surface area contributed by atoms with E-state index in [0.29, 0.717) is 5.69 Å². The second-order valence-electron chi connectivity index (χ2n) is 8.63. The third-order valence-corrected chi connectivity index (χ3v) is 6.86. The van der Waals surface area contributed by atoms with Crippen LogP contribution in [0.15, 0.2) is 47.4 Å². The van der Waals surface area contributed by atoms with E-state index in [0.717, 1.165) is 5.56 Å². The van der Waals surface area contributed by atoms with Crippen LogP contribution in [0.2, 0.25) is 0 Å². The van der Waals surface area contributed by atoms with Gasteiger partial charge in [-0.15, -0.1) is 0 Å². The minimum atomic E-state index is -4.12. The van der Waals surface area contributed by atoms with Gasteiger partial charge in [0, 0.05) is 30.8 Å². The van der Waals surface area contributed by atoms with Crippen LogP contribution in [-0.4, -0.2) is 55.4 Å². The second kappa shape index (κ2) is 11.5. The topological polar surface area (TPSA) is 149 Å². The molecular weight excluding hydrogens is 500 g/mol. The highest BCUT2D eigenvalue weighted by molar-refractivity contribution is 7.89. The van der Waals surface area contributed by atoms with Gasteiger partial charge >= 0.3 is 5.97 Å². The summed E-state index contributed by atoms with van der Waals surface area (Å²) in [5, 5.41) is 16.5. The number of anilines is 1. The fourth-order valence-electron chi connectivity index (χ4n) is 3.29.